The highest BCUT2D eigenvalue weighted by Gasteiger charge is 2.23. The van der Waals surface area contributed by atoms with E-state index in [1.165, 1.54) is 0 Å². The lowest BCUT2D eigenvalue weighted by Crippen LogP contribution is -2.37. The first kappa shape index (κ1) is 24.3. The predicted molar refractivity (Wildman–Crippen MR) is 136 cm³/mol. The van der Waals surface area contributed by atoms with Crippen LogP contribution in [0.1, 0.15) is 12.8 Å². The number of nitrogens with zero attached hydrogens (tertiary/aromatic N) is 3. The molecule has 4 heterocycles. The molecule has 1 atom stereocenters. The summed E-state index contributed by atoms with van der Waals surface area (Å²) < 4.78 is 23.2. The van der Waals surface area contributed by atoms with Gasteiger partial charge in [-0.3, -0.25) is 14.7 Å². The second-order valence-electron chi connectivity index (χ2n) is 9.09. The Morgan fingerprint density at radius 2 is 2.03 bits per heavy atom. The van der Waals surface area contributed by atoms with Crippen LogP contribution in [0.2, 0.25) is 0 Å². The van der Waals surface area contributed by atoms with Crippen LogP contribution in [-0.4, -0.2) is 80.5 Å². The second-order valence-corrected chi connectivity index (χ2v) is 9.09. The van der Waals surface area contributed by atoms with E-state index >= 15 is 0 Å². The number of pyridine rings is 2. The molecule has 2 saturated heterocycles. The standard InChI is InChI=1S/C27H32N4O5/c1-33-24-6-5-20(15-25(24)35-11-3-8-31-9-12-34-13-10-31)22-16-23-21(4-2-7-28-23)27(30-22)36-18-19-14-26(32)29-17-19/h2,4-7,15-16,19H,3,8-14,17-18H2,1H3,(H,29,32). The molecule has 2 aliphatic rings. The molecule has 1 N–H and O–H groups in total. The number of fused-ring (bicyclic) bond motifs is 1. The SMILES string of the molecule is COc1ccc(-c2cc3ncccc3c(OCC3CNC(=O)C3)n2)cc1OCCCN1CCOCC1. The summed E-state index contributed by atoms with van der Waals surface area (Å²) in [6, 6.07) is 11.6. The highest BCUT2D eigenvalue weighted by molar-refractivity contribution is 5.87. The first-order valence-electron chi connectivity index (χ1n) is 12.5. The minimum absolute atomic E-state index is 0.0625. The Labute approximate surface area is 210 Å². The first-order chi connectivity index (χ1) is 17.7. The summed E-state index contributed by atoms with van der Waals surface area (Å²) in [5.74, 6) is 2.07. The molecule has 1 amide bonds. The van der Waals surface area contributed by atoms with Crippen LogP contribution in [0.4, 0.5) is 0 Å². The monoisotopic (exact) mass is 492 g/mol. The smallest absolute Gasteiger partial charge is 0.223 e. The van der Waals surface area contributed by atoms with Gasteiger partial charge in [0, 0.05) is 50.3 Å². The zero-order valence-electron chi connectivity index (χ0n) is 20.6. The quantitative estimate of drug-likeness (QED) is 0.432. The van der Waals surface area contributed by atoms with Crippen LogP contribution in [0.5, 0.6) is 17.4 Å². The van der Waals surface area contributed by atoms with Gasteiger partial charge in [-0.25, -0.2) is 4.98 Å². The molecular weight excluding hydrogens is 460 g/mol. The maximum absolute atomic E-state index is 11.6. The number of morpholine rings is 1. The molecule has 5 rings (SSSR count). The zero-order chi connectivity index (χ0) is 24.7. The van der Waals surface area contributed by atoms with Crippen LogP contribution in [0.15, 0.2) is 42.6 Å². The summed E-state index contributed by atoms with van der Waals surface area (Å²) in [7, 11) is 1.64. The van der Waals surface area contributed by atoms with Gasteiger partial charge < -0.3 is 24.3 Å². The molecule has 190 valence electrons. The van der Waals surface area contributed by atoms with E-state index < -0.39 is 0 Å². The molecule has 2 aromatic heterocycles. The van der Waals surface area contributed by atoms with Crippen molar-refractivity contribution in [1.82, 2.24) is 20.2 Å². The van der Waals surface area contributed by atoms with Crippen molar-refractivity contribution in [3.8, 4) is 28.6 Å². The minimum atomic E-state index is 0.0625. The van der Waals surface area contributed by atoms with Gasteiger partial charge in [0.15, 0.2) is 11.5 Å². The van der Waals surface area contributed by atoms with Gasteiger partial charge in [0.1, 0.15) is 0 Å². The Bertz CT molecular complexity index is 1200. The Hall–Kier alpha value is -3.43. The number of hydrogen-bond acceptors (Lipinski definition) is 8. The third-order valence-corrected chi connectivity index (χ3v) is 6.52. The fourth-order valence-electron chi connectivity index (χ4n) is 4.53. The van der Waals surface area contributed by atoms with E-state index in [9.17, 15) is 4.79 Å². The topological polar surface area (TPSA) is 95.0 Å². The molecule has 1 aromatic carbocycles. The Balaban J connectivity index is 1.33. The van der Waals surface area contributed by atoms with Gasteiger partial charge in [0.25, 0.3) is 0 Å². The fraction of sp³-hybridized carbons (Fsp3) is 0.444. The van der Waals surface area contributed by atoms with Crippen molar-refractivity contribution < 1.29 is 23.7 Å². The second kappa shape index (κ2) is 11.5. The molecule has 9 heteroatoms. The number of ether oxygens (including phenoxy) is 4. The fourth-order valence-corrected chi connectivity index (χ4v) is 4.53. The number of benzene rings is 1. The van der Waals surface area contributed by atoms with Crippen LogP contribution in [-0.2, 0) is 9.53 Å². The Kier molecular flexibility index (Phi) is 7.78. The molecular formula is C27H32N4O5. The Morgan fingerprint density at radius 1 is 1.14 bits per heavy atom. The molecule has 0 saturated carbocycles. The van der Waals surface area contributed by atoms with Crippen molar-refractivity contribution in [2.75, 3.05) is 59.7 Å². The lowest BCUT2D eigenvalue weighted by atomic mass is 10.1. The first-order valence-corrected chi connectivity index (χ1v) is 12.5. The van der Waals surface area contributed by atoms with Crippen LogP contribution in [0.3, 0.4) is 0 Å². The summed E-state index contributed by atoms with van der Waals surface area (Å²) in [4.78, 5) is 23.3. The zero-order valence-corrected chi connectivity index (χ0v) is 20.6. The summed E-state index contributed by atoms with van der Waals surface area (Å²) in [6.07, 6.45) is 3.15. The van der Waals surface area contributed by atoms with E-state index in [1.807, 2.05) is 36.4 Å². The summed E-state index contributed by atoms with van der Waals surface area (Å²) >= 11 is 0. The van der Waals surface area contributed by atoms with Crippen molar-refractivity contribution in [3.05, 3.63) is 42.6 Å². The average Bonchev–Trinajstić information content (AvgIpc) is 3.35. The molecule has 1 unspecified atom stereocenters. The van der Waals surface area contributed by atoms with Gasteiger partial charge in [-0.2, -0.15) is 0 Å². The van der Waals surface area contributed by atoms with Crippen LogP contribution in [0, 0.1) is 5.92 Å². The number of amides is 1. The summed E-state index contributed by atoms with van der Waals surface area (Å²) in [5, 5.41) is 3.69. The molecule has 2 fully saturated rings. The van der Waals surface area contributed by atoms with Gasteiger partial charge in [0.2, 0.25) is 11.8 Å². The number of nitrogens with one attached hydrogen (secondary N) is 1. The van der Waals surface area contributed by atoms with E-state index in [0.29, 0.717) is 43.6 Å². The maximum Gasteiger partial charge on any atom is 0.223 e. The third-order valence-electron chi connectivity index (χ3n) is 6.52. The van der Waals surface area contributed by atoms with Crippen LogP contribution < -0.4 is 19.5 Å². The number of hydrogen-bond donors (Lipinski definition) is 1. The van der Waals surface area contributed by atoms with E-state index in [4.69, 9.17) is 23.9 Å². The molecule has 0 aliphatic carbocycles. The van der Waals surface area contributed by atoms with Crippen molar-refractivity contribution in [3.63, 3.8) is 0 Å². The van der Waals surface area contributed by atoms with Crippen molar-refractivity contribution >= 4 is 16.8 Å². The van der Waals surface area contributed by atoms with Crippen molar-refractivity contribution in [2.45, 2.75) is 12.8 Å². The maximum atomic E-state index is 11.6. The molecule has 0 spiro atoms. The van der Waals surface area contributed by atoms with Crippen molar-refractivity contribution in [2.24, 2.45) is 5.92 Å². The average molecular weight is 493 g/mol. The van der Waals surface area contributed by atoms with E-state index in [-0.39, 0.29) is 11.8 Å². The number of carbonyl (C=O) groups excluding carboxylic acids is 1. The lowest BCUT2D eigenvalue weighted by Gasteiger charge is -2.26. The molecule has 0 radical (unpaired) electrons. The number of aromatic nitrogens is 2. The minimum Gasteiger partial charge on any atom is -0.493 e. The molecule has 36 heavy (non-hydrogen) atoms. The molecule has 2 aliphatic heterocycles. The summed E-state index contributed by atoms with van der Waals surface area (Å²) in [5.41, 5.74) is 2.41. The van der Waals surface area contributed by atoms with Gasteiger partial charge in [-0.15, -0.1) is 0 Å². The molecule has 9 nitrogen and oxygen atoms in total. The van der Waals surface area contributed by atoms with Crippen molar-refractivity contribution in [1.29, 1.82) is 0 Å². The summed E-state index contributed by atoms with van der Waals surface area (Å²) in [6.45, 7) is 6.14. The molecule has 0 bridgehead atoms. The van der Waals surface area contributed by atoms with E-state index in [0.717, 1.165) is 61.4 Å². The van der Waals surface area contributed by atoms with Gasteiger partial charge in [0.05, 0.1) is 50.1 Å². The highest BCUT2D eigenvalue weighted by atomic mass is 16.5. The highest BCUT2D eigenvalue weighted by Crippen LogP contribution is 2.34. The normalized spacial score (nSPS) is 18.2. The largest absolute Gasteiger partial charge is 0.493 e. The van der Waals surface area contributed by atoms with Gasteiger partial charge in [-0.05, 0) is 42.8 Å². The van der Waals surface area contributed by atoms with Gasteiger partial charge >= 0.3 is 0 Å². The van der Waals surface area contributed by atoms with Gasteiger partial charge in [-0.1, -0.05) is 0 Å². The predicted octanol–water partition coefficient (Wildman–Crippen LogP) is 2.92. The Morgan fingerprint density at radius 3 is 2.83 bits per heavy atom. The van der Waals surface area contributed by atoms with Crippen LogP contribution in [0.25, 0.3) is 22.2 Å². The molecule has 3 aromatic rings. The van der Waals surface area contributed by atoms with E-state index in [1.54, 1.807) is 13.3 Å². The number of rotatable bonds is 10. The number of methoxy groups -OCH3 is 1. The number of carbonyl (C=O) groups is 1. The van der Waals surface area contributed by atoms with Crippen LogP contribution >= 0.6 is 0 Å². The third kappa shape index (κ3) is 5.85. The lowest BCUT2D eigenvalue weighted by molar-refractivity contribution is -0.119. The van der Waals surface area contributed by atoms with E-state index in [2.05, 4.69) is 15.2 Å².